The molecule has 0 aliphatic carbocycles. The molecule has 0 radical (unpaired) electrons. The van der Waals surface area contributed by atoms with Crippen molar-refractivity contribution < 1.29 is 18.4 Å². The number of carbonyl (C=O) groups excluding carboxylic acids is 2. The number of halogens is 2. The normalized spacial score (nSPS) is 13.7. The van der Waals surface area contributed by atoms with Crippen LogP contribution >= 0.6 is 11.3 Å². The number of amides is 2. The molecule has 1 aliphatic heterocycles. The summed E-state index contributed by atoms with van der Waals surface area (Å²) in [7, 11) is 0. The van der Waals surface area contributed by atoms with E-state index in [-0.39, 0.29) is 29.7 Å². The van der Waals surface area contributed by atoms with Crippen molar-refractivity contribution >= 4 is 34.5 Å². The molecule has 5 nitrogen and oxygen atoms in total. The Labute approximate surface area is 170 Å². The van der Waals surface area contributed by atoms with E-state index in [1.165, 1.54) is 40.5 Å². The van der Waals surface area contributed by atoms with Gasteiger partial charge in [0.25, 0.3) is 0 Å². The van der Waals surface area contributed by atoms with E-state index in [0.717, 1.165) is 0 Å². The Morgan fingerprint density at radius 3 is 2.79 bits per heavy atom. The number of anilines is 2. The number of nitrogens with one attached hydrogen (secondary N) is 1. The standard InChI is InChI=1S/C21H17F2N3O2S/c22-14-4-1-3-13(9-14)21-25-16(12-29-21)11-19(27)24-15-6-7-18(17(23)10-15)26-8-2-5-20(26)28/h1,3-4,6-7,9-10,12H,2,5,8,11H2,(H,24,27). The van der Waals surface area contributed by atoms with Gasteiger partial charge in [0, 0.05) is 29.6 Å². The molecule has 148 valence electrons. The van der Waals surface area contributed by atoms with Gasteiger partial charge in [-0.15, -0.1) is 11.3 Å². The zero-order valence-electron chi connectivity index (χ0n) is 15.3. The Kier molecular flexibility index (Phi) is 5.35. The second kappa shape index (κ2) is 8.08. The molecule has 0 spiro atoms. The maximum atomic E-state index is 14.4. The number of aromatic nitrogens is 1. The van der Waals surface area contributed by atoms with E-state index in [4.69, 9.17) is 0 Å². The van der Waals surface area contributed by atoms with Crippen LogP contribution in [0, 0.1) is 11.6 Å². The van der Waals surface area contributed by atoms with Gasteiger partial charge in [0.2, 0.25) is 11.8 Å². The molecular weight excluding hydrogens is 396 g/mol. The molecule has 4 rings (SSSR count). The fraction of sp³-hybridized carbons (Fsp3) is 0.190. The molecule has 2 heterocycles. The summed E-state index contributed by atoms with van der Waals surface area (Å²) in [5.41, 5.74) is 1.73. The van der Waals surface area contributed by atoms with E-state index in [1.54, 1.807) is 23.6 Å². The minimum Gasteiger partial charge on any atom is -0.326 e. The van der Waals surface area contributed by atoms with Crippen LogP contribution in [0.4, 0.5) is 20.2 Å². The van der Waals surface area contributed by atoms with Crippen LogP contribution in [0.3, 0.4) is 0 Å². The van der Waals surface area contributed by atoms with Gasteiger partial charge in [0.15, 0.2) is 0 Å². The van der Waals surface area contributed by atoms with Crippen LogP contribution in [0.15, 0.2) is 47.8 Å². The van der Waals surface area contributed by atoms with E-state index in [0.29, 0.717) is 41.3 Å². The lowest BCUT2D eigenvalue weighted by molar-refractivity contribution is -0.117. The van der Waals surface area contributed by atoms with Crippen molar-refractivity contribution in [3.8, 4) is 10.6 Å². The fourth-order valence-electron chi connectivity index (χ4n) is 3.22. The number of rotatable bonds is 5. The number of thiazole rings is 1. The quantitative estimate of drug-likeness (QED) is 0.675. The molecule has 1 saturated heterocycles. The van der Waals surface area contributed by atoms with Crippen LogP contribution in [0.5, 0.6) is 0 Å². The van der Waals surface area contributed by atoms with Crippen molar-refractivity contribution in [1.29, 1.82) is 0 Å². The fourth-order valence-corrected chi connectivity index (χ4v) is 4.04. The SMILES string of the molecule is O=C(Cc1csc(-c2cccc(F)c2)n1)Nc1ccc(N2CCCC2=O)c(F)c1. The second-order valence-electron chi connectivity index (χ2n) is 6.69. The zero-order valence-corrected chi connectivity index (χ0v) is 16.1. The van der Waals surface area contributed by atoms with E-state index in [1.807, 2.05) is 0 Å². The van der Waals surface area contributed by atoms with Gasteiger partial charge in [-0.1, -0.05) is 12.1 Å². The highest BCUT2D eigenvalue weighted by atomic mass is 32.1. The van der Waals surface area contributed by atoms with E-state index >= 15 is 0 Å². The number of hydrogen-bond donors (Lipinski definition) is 1. The predicted octanol–water partition coefficient (Wildman–Crippen LogP) is 4.40. The van der Waals surface area contributed by atoms with Crippen LogP contribution in [-0.4, -0.2) is 23.3 Å². The van der Waals surface area contributed by atoms with Gasteiger partial charge in [0.05, 0.1) is 17.8 Å². The summed E-state index contributed by atoms with van der Waals surface area (Å²) in [6, 6.07) is 10.4. The van der Waals surface area contributed by atoms with Crippen LogP contribution in [0.25, 0.3) is 10.6 Å². The largest absolute Gasteiger partial charge is 0.326 e. The highest BCUT2D eigenvalue weighted by molar-refractivity contribution is 7.13. The number of benzene rings is 2. The highest BCUT2D eigenvalue weighted by Crippen LogP contribution is 2.27. The molecule has 1 aromatic heterocycles. The summed E-state index contributed by atoms with van der Waals surface area (Å²) >= 11 is 1.32. The van der Waals surface area contributed by atoms with E-state index in [9.17, 15) is 18.4 Å². The molecule has 0 atom stereocenters. The van der Waals surface area contributed by atoms with Crippen molar-refractivity contribution in [1.82, 2.24) is 4.98 Å². The van der Waals surface area contributed by atoms with Crippen molar-refractivity contribution in [3.05, 3.63) is 65.2 Å². The molecule has 1 N–H and O–H groups in total. The van der Waals surface area contributed by atoms with Gasteiger partial charge >= 0.3 is 0 Å². The van der Waals surface area contributed by atoms with Gasteiger partial charge in [0.1, 0.15) is 16.6 Å². The first-order valence-corrected chi connectivity index (χ1v) is 9.98. The number of hydrogen-bond acceptors (Lipinski definition) is 4. The average molecular weight is 413 g/mol. The Morgan fingerprint density at radius 2 is 2.07 bits per heavy atom. The van der Waals surface area contributed by atoms with Crippen molar-refractivity contribution in [2.24, 2.45) is 0 Å². The first kappa shape index (κ1) is 19.2. The lowest BCUT2D eigenvalue weighted by Crippen LogP contribution is -2.24. The van der Waals surface area contributed by atoms with Crippen molar-refractivity contribution in [3.63, 3.8) is 0 Å². The zero-order chi connectivity index (χ0) is 20.4. The topological polar surface area (TPSA) is 62.3 Å². The molecule has 0 saturated carbocycles. The van der Waals surface area contributed by atoms with Crippen LogP contribution in [0.2, 0.25) is 0 Å². The lowest BCUT2D eigenvalue weighted by atomic mass is 10.2. The van der Waals surface area contributed by atoms with E-state index < -0.39 is 5.82 Å². The minimum absolute atomic E-state index is 0.0137. The first-order valence-electron chi connectivity index (χ1n) is 9.10. The van der Waals surface area contributed by atoms with Gasteiger partial charge in [-0.2, -0.15) is 0 Å². The van der Waals surface area contributed by atoms with Crippen LogP contribution in [0.1, 0.15) is 18.5 Å². The second-order valence-corrected chi connectivity index (χ2v) is 7.55. The predicted molar refractivity (Wildman–Crippen MR) is 108 cm³/mol. The van der Waals surface area contributed by atoms with Crippen LogP contribution < -0.4 is 10.2 Å². The molecule has 3 aromatic rings. The summed E-state index contributed by atoms with van der Waals surface area (Å²) in [6.07, 6.45) is 1.14. The van der Waals surface area contributed by atoms with Crippen LogP contribution in [-0.2, 0) is 16.0 Å². The van der Waals surface area contributed by atoms with Gasteiger partial charge in [-0.25, -0.2) is 13.8 Å². The monoisotopic (exact) mass is 413 g/mol. The summed E-state index contributed by atoms with van der Waals surface area (Å²) in [4.78, 5) is 29.9. The van der Waals surface area contributed by atoms with Crippen molar-refractivity contribution in [2.45, 2.75) is 19.3 Å². The third-order valence-electron chi connectivity index (χ3n) is 4.56. The maximum absolute atomic E-state index is 14.4. The van der Waals surface area contributed by atoms with E-state index in [2.05, 4.69) is 10.3 Å². The summed E-state index contributed by atoms with van der Waals surface area (Å²) < 4.78 is 27.7. The molecule has 8 heteroatoms. The third-order valence-corrected chi connectivity index (χ3v) is 5.50. The van der Waals surface area contributed by atoms with Gasteiger partial charge in [-0.05, 0) is 36.8 Å². The molecule has 2 amide bonds. The molecule has 29 heavy (non-hydrogen) atoms. The third kappa shape index (κ3) is 4.32. The Bertz CT molecular complexity index is 1080. The Balaban J connectivity index is 1.41. The Morgan fingerprint density at radius 1 is 1.21 bits per heavy atom. The highest BCUT2D eigenvalue weighted by Gasteiger charge is 2.24. The summed E-state index contributed by atoms with van der Waals surface area (Å²) in [5, 5.41) is 5.00. The lowest BCUT2D eigenvalue weighted by Gasteiger charge is -2.17. The molecular formula is C21H17F2N3O2S. The molecule has 0 unspecified atom stereocenters. The minimum atomic E-state index is -0.555. The number of nitrogens with zero attached hydrogens (tertiary/aromatic N) is 2. The van der Waals surface area contributed by atoms with Gasteiger partial charge in [-0.3, -0.25) is 9.59 Å². The summed E-state index contributed by atoms with van der Waals surface area (Å²) in [6.45, 7) is 0.499. The smallest absolute Gasteiger partial charge is 0.230 e. The molecule has 0 bridgehead atoms. The Hall–Kier alpha value is -3.13. The first-order chi connectivity index (χ1) is 14.0. The van der Waals surface area contributed by atoms with Gasteiger partial charge < -0.3 is 10.2 Å². The average Bonchev–Trinajstić information content (AvgIpc) is 3.31. The maximum Gasteiger partial charge on any atom is 0.230 e. The molecule has 1 fully saturated rings. The summed E-state index contributed by atoms with van der Waals surface area (Å²) in [5.74, 6) is -1.35. The number of carbonyl (C=O) groups is 2. The molecule has 1 aliphatic rings. The molecule has 2 aromatic carbocycles. The van der Waals surface area contributed by atoms with Crippen molar-refractivity contribution in [2.75, 3.05) is 16.8 Å².